The van der Waals surface area contributed by atoms with Gasteiger partial charge in [-0.15, -0.1) is 0 Å². The highest BCUT2D eigenvalue weighted by Crippen LogP contribution is 2.16. The Morgan fingerprint density at radius 3 is 2.63 bits per heavy atom. The number of aromatic nitrogens is 4. The summed E-state index contributed by atoms with van der Waals surface area (Å²) < 4.78 is 21.6. The van der Waals surface area contributed by atoms with Crippen LogP contribution in [0.15, 0.2) is 42.7 Å². The predicted octanol–water partition coefficient (Wildman–Crippen LogP) is 3.20. The average molecular weight is 392 g/mol. The number of hydrogen-bond acceptors (Lipinski definition) is 4. The normalized spacial score (nSPS) is 10.8. The Labute approximate surface area is 160 Å². The zero-order valence-corrected chi connectivity index (χ0v) is 15.7. The SMILES string of the molecule is CCn1cc(Cl)c(CN(C)C(=O)c2ccn(COc3ccc(F)cc3)n2)n1. The molecule has 1 amide bonds. The molecule has 142 valence electrons. The molecule has 0 saturated heterocycles. The van der Waals surface area contributed by atoms with Crippen molar-refractivity contribution >= 4 is 17.5 Å². The third-order valence-electron chi connectivity index (χ3n) is 3.88. The fourth-order valence-electron chi connectivity index (χ4n) is 2.42. The van der Waals surface area contributed by atoms with Crippen LogP contribution in [-0.4, -0.2) is 37.4 Å². The minimum atomic E-state index is -0.332. The molecule has 0 aliphatic heterocycles. The van der Waals surface area contributed by atoms with Crippen LogP contribution in [0, 0.1) is 5.82 Å². The Morgan fingerprint density at radius 2 is 1.96 bits per heavy atom. The molecule has 3 aromatic rings. The third kappa shape index (κ3) is 4.65. The fourth-order valence-corrected chi connectivity index (χ4v) is 2.63. The van der Waals surface area contributed by atoms with Crippen LogP contribution in [0.4, 0.5) is 4.39 Å². The lowest BCUT2D eigenvalue weighted by molar-refractivity contribution is 0.0775. The molecule has 0 fully saturated rings. The summed E-state index contributed by atoms with van der Waals surface area (Å²) in [5.41, 5.74) is 0.916. The van der Waals surface area contributed by atoms with Gasteiger partial charge in [0.1, 0.15) is 17.3 Å². The maximum atomic E-state index is 12.9. The summed E-state index contributed by atoms with van der Waals surface area (Å²) in [5, 5.41) is 9.08. The maximum Gasteiger partial charge on any atom is 0.274 e. The van der Waals surface area contributed by atoms with Crippen LogP contribution in [0.3, 0.4) is 0 Å². The summed E-state index contributed by atoms with van der Waals surface area (Å²) in [6.45, 7) is 3.05. The molecule has 7 nitrogen and oxygen atoms in total. The monoisotopic (exact) mass is 391 g/mol. The minimum Gasteiger partial charge on any atom is -0.471 e. The largest absolute Gasteiger partial charge is 0.471 e. The smallest absolute Gasteiger partial charge is 0.274 e. The Hall–Kier alpha value is -2.87. The molecule has 0 saturated carbocycles. The Balaban J connectivity index is 1.59. The van der Waals surface area contributed by atoms with Gasteiger partial charge in [0.05, 0.1) is 11.6 Å². The van der Waals surface area contributed by atoms with Crippen molar-refractivity contribution in [3.63, 3.8) is 0 Å². The highest BCUT2D eigenvalue weighted by atomic mass is 35.5. The van der Waals surface area contributed by atoms with E-state index in [0.717, 1.165) is 0 Å². The summed E-state index contributed by atoms with van der Waals surface area (Å²) >= 11 is 6.15. The summed E-state index contributed by atoms with van der Waals surface area (Å²) in [5.74, 6) is -0.0723. The fraction of sp³-hybridized carbons (Fsp3) is 0.278. The lowest BCUT2D eigenvalue weighted by Gasteiger charge is -2.14. The zero-order chi connectivity index (χ0) is 19.4. The highest BCUT2D eigenvalue weighted by molar-refractivity contribution is 6.31. The van der Waals surface area contributed by atoms with Gasteiger partial charge in [-0.3, -0.25) is 9.48 Å². The van der Waals surface area contributed by atoms with E-state index in [-0.39, 0.29) is 30.7 Å². The molecule has 27 heavy (non-hydrogen) atoms. The van der Waals surface area contributed by atoms with E-state index in [1.165, 1.54) is 33.8 Å². The Bertz CT molecular complexity index is 922. The van der Waals surface area contributed by atoms with Crippen LogP contribution in [0.5, 0.6) is 5.75 Å². The molecule has 0 N–H and O–H groups in total. The molecule has 3 rings (SSSR count). The average Bonchev–Trinajstić information content (AvgIpc) is 3.27. The van der Waals surface area contributed by atoms with E-state index in [9.17, 15) is 9.18 Å². The molecule has 9 heteroatoms. The Kier molecular flexibility index (Phi) is 5.75. The number of hydrogen-bond donors (Lipinski definition) is 0. The molecule has 0 unspecified atom stereocenters. The van der Waals surface area contributed by atoms with Gasteiger partial charge in [0.15, 0.2) is 12.4 Å². The van der Waals surface area contributed by atoms with Crippen LogP contribution < -0.4 is 4.74 Å². The highest BCUT2D eigenvalue weighted by Gasteiger charge is 2.18. The van der Waals surface area contributed by atoms with E-state index in [2.05, 4.69) is 10.2 Å². The predicted molar refractivity (Wildman–Crippen MR) is 98.0 cm³/mol. The van der Waals surface area contributed by atoms with Gasteiger partial charge >= 0.3 is 0 Å². The van der Waals surface area contributed by atoms with Crippen molar-refractivity contribution < 1.29 is 13.9 Å². The van der Waals surface area contributed by atoms with Gasteiger partial charge in [-0.05, 0) is 37.3 Å². The van der Waals surface area contributed by atoms with E-state index >= 15 is 0 Å². The number of aryl methyl sites for hydroxylation is 1. The number of benzene rings is 1. The van der Waals surface area contributed by atoms with E-state index in [4.69, 9.17) is 16.3 Å². The number of amides is 1. The van der Waals surface area contributed by atoms with Crippen LogP contribution in [0.25, 0.3) is 0 Å². The molecule has 0 aliphatic carbocycles. The van der Waals surface area contributed by atoms with Crippen LogP contribution >= 0.6 is 11.6 Å². The standard InChI is InChI=1S/C18H19ClFN5O2/c1-3-24-10-15(19)17(22-24)11-23(2)18(26)16-8-9-25(21-16)12-27-14-6-4-13(20)5-7-14/h4-10H,3,11-12H2,1-2H3. The third-order valence-corrected chi connectivity index (χ3v) is 4.20. The first-order valence-corrected chi connectivity index (χ1v) is 8.73. The summed E-state index contributed by atoms with van der Waals surface area (Å²) in [4.78, 5) is 14.1. The van der Waals surface area contributed by atoms with Crippen molar-refractivity contribution in [1.29, 1.82) is 0 Å². The second kappa shape index (κ2) is 8.22. The molecule has 0 bridgehead atoms. The van der Waals surface area contributed by atoms with Crippen molar-refractivity contribution in [3.8, 4) is 5.75 Å². The van der Waals surface area contributed by atoms with Gasteiger partial charge in [0.2, 0.25) is 0 Å². The molecule has 2 heterocycles. The van der Waals surface area contributed by atoms with Gasteiger partial charge in [0.25, 0.3) is 5.91 Å². The molecular formula is C18H19ClFN5O2. The number of carbonyl (C=O) groups excluding carboxylic acids is 1. The van der Waals surface area contributed by atoms with Gasteiger partial charge in [-0.25, -0.2) is 9.07 Å². The molecule has 2 aromatic heterocycles. The van der Waals surface area contributed by atoms with Crippen molar-refractivity contribution in [2.75, 3.05) is 7.05 Å². The van der Waals surface area contributed by atoms with E-state index in [1.54, 1.807) is 30.2 Å². The van der Waals surface area contributed by atoms with Crippen LogP contribution in [-0.2, 0) is 19.8 Å². The van der Waals surface area contributed by atoms with Crippen molar-refractivity contribution in [2.45, 2.75) is 26.7 Å². The topological polar surface area (TPSA) is 65.2 Å². The van der Waals surface area contributed by atoms with E-state index in [1.807, 2.05) is 6.92 Å². The quantitative estimate of drug-likeness (QED) is 0.620. The second-order valence-electron chi connectivity index (χ2n) is 5.91. The number of carbonyl (C=O) groups is 1. The van der Waals surface area contributed by atoms with Crippen molar-refractivity contribution in [3.05, 3.63) is 65.0 Å². The molecular weight excluding hydrogens is 373 g/mol. The summed E-state index contributed by atoms with van der Waals surface area (Å²) in [6, 6.07) is 7.29. The zero-order valence-electron chi connectivity index (χ0n) is 15.0. The molecule has 0 spiro atoms. The number of nitrogens with zero attached hydrogens (tertiary/aromatic N) is 5. The first-order chi connectivity index (χ1) is 13.0. The van der Waals surface area contributed by atoms with E-state index in [0.29, 0.717) is 23.0 Å². The summed E-state index contributed by atoms with van der Waals surface area (Å²) in [7, 11) is 1.66. The molecule has 0 aliphatic rings. The lowest BCUT2D eigenvalue weighted by Crippen LogP contribution is -2.27. The molecule has 0 radical (unpaired) electrons. The summed E-state index contributed by atoms with van der Waals surface area (Å²) in [6.07, 6.45) is 3.38. The first-order valence-electron chi connectivity index (χ1n) is 8.35. The first kappa shape index (κ1) is 18.9. The van der Waals surface area contributed by atoms with Gasteiger partial charge in [-0.2, -0.15) is 10.2 Å². The van der Waals surface area contributed by atoms with Crippen molar-refractivity contribution in [1.82, 2.24) is 24.5 Å². The number of rotatable bonds is 7. The second-order valence-corrected chi connectivity index (χ2v) is 6.32. The van der Waals surface area contributed by atoms with Gasteiger partial charge < -0.3 is 9.64 Å². The van der Waals surface area contributed by atoms with Crippen LogP contribution in [0.2, 0.25) is 5.02 Å². The minimum absolute atomic E-state index is 0.107. The Morgan fingerprint density at radius 1 is 1.22 bits per heavy atom. The number of ether oxygens (including phenoxy) is 1. The van der Waals surface area contributed by atoms with Crippen LogP contribution in [0.1, 0.15) is 23.1 Å². The maximum absolute atomic E-state index is 12.9. The lowest BCUT2D eigenvalue weighted by atomic mass is 10.3. The van der Waals surface area contributed by atoms with Crippen molar-refractivity contribution in [2.24, 2.45) is 0 Å². The van der Waals surface area contributed by atoms with Gasteiger partial charge in [-0.1, -0.05) is 11.6 Å². The van der Waals surface area contributed by atoms with E-state index < -0.39 is 0 Å². The van der Waals surface area contributed by atoms with Gasteiger partial charge in [0, 0.05) is 26.0 Å². The molecule has 0 atom stereocenters. The number of halogens is 2. The molecule has 1 aromatic carbocycles.